The van der Waals surface area contributed by atoms with Gasteiger partial charge in [-0.2, -0.15) is 0 Å². The Morgan fingerprint density at radius 3 is 2.47 bits per heavy atom. The van der Waals surface area contributed by atoms with Crippen LogP contribution in [0.2, 0.25) is 0 Å². The van der Waals surface area contributed by atoms with Crippen molar-refractivity contribution in [3.05, 3.63) is 107 Å². The van der Waals surface area contributed by atoms with Crippen molar-refractivity contribution in [1.82, 2.24) is 20.4 Å². The van der Waals surface area contributed by atoms with Crippen LogP contribution in [0.4, 0.5) is 10.1 Å². The van der Waals surface area contributed by atoms with Crippen molar-refractivity contribution in [2.24, 2.45) is 0 Å². The number of hydrogen-bond donors (Lipinski definition) is 2. The largest absolute Gasteiger partial charge is 0.372 e. The van der Waals surface area contributed by atoms with Crippen LogP contribution in [0.3, 0.4) is 0 Å². The molecule has 5 rings (SSSR count). The van der Waals surface area contributed by atoms with E-state index < -0.39 is 11.7 Å². The summed E-state index contributed by atoms with van der Waals surface area (Å²) in [5.41, 5.74) is 4.94. The molecular weight excluding hydrogens is 433 g/mol. The molecule has 2 aromatic heterocycles. The molecule has 3 aromatic carbocycles. The standard InChI is InChI=1S/C26H20FN5O2/c27-21-11-10-20(22-12-13-23-25(28-22)31-32-30-23)14-24(21)29-26(33)19-8-6-18(7-9-19)16-34-15-17-4-2-1-3-5-17/h1-14H,15-16H2,(H,29,33)(H,28,30,31,32). The second-order valence-corrected chi connectivity index (χ2v) is 7.70. The second kappa shape index (κ2) is 9.60. The van der Waals surface area contributed by atoms with Crippen molar-refractivity contribution in [1.29, 1.82) is 0 Å². The summed E-state index contributed by atoms with van der Waals surface area (Å²) in [4.78, 5) is 17.2. The molecule has 168 valence electrons. The van der Waals surface area contributed by atoms with E-state index in [1.807, 2.05) is 42.5 Å². The number of carbonyl (C=O) groups is 1. The molecule has 1 amide bonds. The van der Waals surface area contributed by atoms with E-state index >= 15 is 0 Å². The number of aromatic amines is 1. The first-order valence-corrected chi connectivity index (χ1v) is 10.7. The first-order chi connectivity index (χ1) is 16.7. The van der Waals surface area contributed by atoms with Gasteiger partial charge in [0.25, 0.3) is 5.91 Å². The number of rotatable bonds is 7. The molecule has 8 heteroatoms. The van der Waals surface area contributed by atoms with E-state index in [0.717, 1.165) is 11.1 Å². The average molecular weight is 453 g/mol. The Morgan fingerprint density at radius 1 is 0.912 bits per heavy atom. The maximum absolute atomic E-state index is 14.4. The molecular formula is C26H20FN5O2. The number of benzene rings is 3. The minimum atomic E-state index is -0.535. The number of pyridine rings is 1. The molecule has 0 aliphatic carbocycles. The van der Waals surface area contributed by atoms with Gasteiger partial charge in [-0.3, -0.25) is 4.79 Å². The zero-order chi connectivity index (χ0) is 23.3. The Balaban J connectivity index is 1.25. The first-order valence-electron chi connectivity index (χ1n) is 10.7. The Bertz CT molecular complexity index is 1440. The molecule has 0 aliphatic heterocycles. The molecule has 0 saturated heterocycles. The summed E-state index contributed by atoms with van der Waals surface area (Å²) in [7, 11) is 0. The maximum atomic E-state index is 14.4. The Kier molecular flexibility index (Phi) is 6.05. The van der Waals surface area contributed by atoms with Crippen molar-refractivity contribution in [3.63, 3.8) is 0 Å². The van der Waals surface area contributed by atoms with Gasteiger partial charge in [0.1, 0.15) is 11.3 Å². The van der Waals surface area contributed by atoms with Crippen LogP contribution in [-0.4, -0.2) is 26.3 Å². The third kappa shape index (κ3) is 4.82. The zero-order valence-electron chi connectivity index (χ0n) is 18.0. The summed E-state index contributed by atoms with van der Waals surface area (Å²) >= 11 is 0. The SMILES string of the molecule is O=C(Nc1cc(-c2ccc3nn[nH]c3n2)ccc1F)c1ccc(COCc2ccccc2)cc1. The van der Waals surface area contributed by atoms with Crippen molar-refractivity contribution in [2.45, 2.75) is 13.2 Å². The highest BCUT2D eigenvalue weighted by Crippen LogP contribution is 2.25. The monoisotopic (exact) mass is 453 g/mol. The van der Waals surface area contributed by atoms with Gasteiger partial charge < -0.3 is 10.1 Å². The molecule has 0 saturated carbocycles. The van der Waals surface area contributed by atoms with Crippen molar-refractivity contribution in [2.75, 3.05) is 5.32 Å². The number of hydrogen-bond acceptors (Lipinski definition) is 5. The zero-order valence-corrected chi connectivity index (χ0v) is 18.0. The summed E-state index contributed by atoms with van der Waals surface area (Å²) in [5.74, 6) is -0.943. The number of carbonyl (C=O) groups excluding carboxylic acids is 1. The lowest BCUT2D eigenvalue weighted by Gasteiger charge is -2.10. The lowest BCUT2D eigenvalue weighted by Crippen LogP contribution is -2.13. The van der Waals surface area contributed by atoms with E-state index in [-0.39, 0.29) is 5.69 Å². The summed E-state index contributed by atoms with van der Waals surface area (Å²) in [6, 6.07) is 24.9. The van der Waals surface area contributed by atoms with Crippen molar-refractivity contribution in [3.8, 4) is 11.3 Å². The third-order valence-corrected chi connectivity index (χ3v) is 5.29. The summed E-state index contributed by atoms with van der Waals surface area (Å²) < 4.78 is 20.2. The Hall–Kier alpha value is -4.43. The summed E-state index contributed by atoms with van der Waals surface area (Å²) in [6.45, 7) is 0.939. The van der Waals surface area contributed by atoms with Gasteiger partial charge in [0.2, 0.25) is 0 Å². The minimum absolute atomic E-state index is 0.0717. The van der Waals surface area contributed by atoms with Crippen molar-refractivity contribution < 1.29 is 13.9 Å². The molecule has 0 spiro atoms. The highest BCUT2D eigenvalue weighted by atomic mass is 19.1. The fraction of sp³-hybridized carbons (Fsp3) is 0.0769. The number of nitrogens with zero attached hydrogens (tertiary/aromatic N) is 3. The molecule has 0 unspecified atom stereocenters. The van der Waals surface area contributed by atoms with Crippen LogP contribution in [0.15, 0.2) is 84.9 Å². The average Bonchev–Trinajstić information content (AvgIpc) is 3.34. The van der Waals surface area contributed by atoms with E-state index in [1.54, 1.807) is 36.4 Å². The predicted octanol–water partition coefficient (Wildman–Crippen LogP) is 5.13. The highest BCUT2D eigenvalue weighted by molar-refractivity contribution is 6.04. The number of aromatic nitrogens is 4. The lowest BCUT2D eigenvalue weighted by molar-refractivity contribution is 0.102. The van der Waals surface area contributed by atoms with E-state index in [0.29, 0.717) is 41.2 Å². The molecule has 2 N–H and O–H groups in total. The summed E-state index contributed by atoms with van der Waals surface area (Å²) in [5, 5.41) is 13.0. The van der Waals surface area contributed by atoms with Crippen LogP contribution in [0.1, 0.15) is 21.5 Å². The second-order valence-electron chi connectivity index (χ2n) is 7.70. The Labute approximate surface area is 194 Å². The van der Waals surface area contributed by atoms with Gasteiger partial charge in [0.05, 0.1) is 24.6 Å². The minimum Gasteiger partial charge on any atom is -0.372 e. The number of fused-ring (bicyclic) bond motifs is 1. The quantitative estimate of drug-likeness (QED) is 0.356. The van der Waals surface area contributed by atoms with Gasteiger partial charge >= 0.3 is 0 Å². The topological polar surface area (TPSA) is 92.8 Å². The van der Waals surface area contributed by atoms with Gasteiger partial charge in [-0.1, -0.05) is 47.7 Å². The molecule has 0 fully saturated rings. The van der Waals surface area contributed by atoms with Gasteiger partial charge in [-0.05, 0) is 53.6 Å². The van der Waals surface area contributed by atoms with Crippen LogP contribution in [-0.2, 0) is 18.0 Å². The number of ether oxygens (including phenoxy) is 1. The van der Waals surface area contributed by atoms with Crippen LogP contribution in [0.5, 0.6) is 0 Å². The van der Waals surface area contributed by atoms with Crippen LogP contribution < -0.4 is 5.32 Å². The fourth-order valence-electron chi connectivity index (χ4n) is 3.49. The van der Waals surface area contributed by atoms with Gasteiger partial charge in [0, 0.05) is 11.1 Å². The molecule has 0 aliphatic rings. The van der Waals surface area contributed by atoms with E-state index in [9.17, 15) is 9.18 Å². The number of amides is 1. The molecule has 0 radical (unpaired) electrons. The number of H-pyrrole nitrogens is 1. The van der Waals surface area contributed by atoms with Gasteiger partial charge in [-0.25, -0.2) is 14.5 Å². The van der Waals surface area contributed by atoms with Crippen LogP contribution >= 0.6 is 0 Å². The molecule has 7 nitrogen and oxygen atoms in total. The lowest BCUT2D eigenvalue weighted by atomic mass is 10.1. The molecule has 34 heavy (non-hydrogen) atoms. The normalized spacial score (nSPS) is 11.0. The van der Waals surface area contributed by atoms with Gasteiger partial charge in [-0.15, -0.1) is 5.10 Å². The molecule has 5 aromatic rings. The number of anilines is 1. The van der Waals surface area contributed by atoms with E-state index in [2.05, 4.69) is 25.7 Å². The maximum Gasteiger partial charge on any atom is 0.255 e. The predicted molar refractivity (Wildman–Crippen MR) is 126 cm³/mol. The molecule has 0 atom stereocenters. The van der Waals surface area contributed by atoms with E-state index in [1.165, 1.54) is 6.07 Å². The van der Waals surface area contributed by atoms with Gasteiger partial charge in [0.15, 0.2) is 5.65 Å². The smallest absolute Gasteiger partial charge is 0.255 e. The number of halogens is 1. The molecule has 2 heterocycles. The first kappa shape index (κ1) is 21.4. The van der Waals surface area contributed by atoms with Crippen LogP contribution in [0, 0.1) is 5.82 Å². The van der Waals surface area contributed by atoms with Crippen molar-refractivity contribution >= 4 is 22.8 Å². The molecule has 0 bridgehead atoms. The third-order valence-electron chi connectivity index (χ3n) is 5.29. The number of nitrogens with one attached hydrogen (secondary N) is 2. The highest BCUT2D eigenvalue weighted by Gasteiger charge is 2.12. The summed E-state index contributed by atoms with van der Waals surface area (Å²) in [6.07, 6.45) is 0. The van der Waals surface area contributed by atoms with Crippen LogP contribution in [0.25, 0.3) is 22.4 Å². The van der Waals surface area contributed by atoms with E-state index in [4.69, 9.17) is 4.74 Å². The fourth-order valence-corrected chi connectivity index (χ4v) is 3.49. The Morgan fingerprint density at radius 2 is 1.68 bits per heavy atom.